The van der Waals surface area contributed by atoms with Crippen molar-refractivity contribution in [2.24, 2.45) is 0 Å². The van der Waals surface area contributed by atoms with Gasteiger partial charge in [0, 0.05) is 12.7 Å². The van der Waals surface area contributed by atoms with E-state index in [0.29, 0.717) is 18.2 Å². The van der Waals surface area contributed by atoms with Gasteiger partial charge in [0.1, 0.15) is 12.1 Å². The third-order valence-corrected chi connectivity index (χ3v) is 2.80. The average molecular weight is 258 g/mol. The fourth-order valence-electron chi connectivity index (χ4n) is 1.70. The quantitative estimate of drug-likeness (QED) is 0.896. The van der Waals surface area contributed by atoms with Crippen LogP contribution in [0.25, 0.3) is 0 Å². The summed E-state index contributed by atoms with van der Waals surface area (Å²) in [7, 11) is 0. The summed E-state index contributed by atoms with van der Waals surface area (Å²) in [6, 6.07) is 9.49. The van der Waals surface area contributed by atoms with Gasteiger partial charge in [-0.15, -0.1) is 0 Å². The van der Waals surface area contributed by atoms with E-state index < -0.39 is 0 Å². The molecule has 100 valence electrons. The van der Waals surface area contributed by atoms with Gasteiger partial charge >= 0.3 is 0 Å². The zero-order valence-electron chi connectivity index (χ0n) is 11.2. The van der Waals surface area contributed by atoms with Gasteiger partial charge in [0.15, 0.2) is 0 Å². The fraction of sp³-hybridized carbons (Fsp3) is 0.333. The minimum absolute atomic E-state index is 0.157. The van der Waals surface area contributed by atoms with Gasteiger partial charge < -0.3 is 9.84 Å². The Balaban J connectivity index is 2.10. The van der Waals surface area contributed by atoms with Crippen LogP contribution in [-0.2, 0) is 6.42 Å². The van der Waals surface area contributed by atoms with Crippen LogP contribution in [-0.4, -0.2) is 21.7 Å². The van der Waals surface area contributed by atoms with Gasteiger partial charge in [0.25, 0.3) is 0 Å². The first-order valence-electron chi connectivity index (χ1n) is 6.38. The molecule has 0 saturated heterocycles. The van der Waals surface area contributed by atoms with Crippen molar-refractivity contribution >= 4 is 0 Å². The van der Waals surface area contributed by atoms with Crippen molar-refractivity contribution in [1.29, 1.82) is 0 Å². The molecule has 1 N–H and O–H groups in total. The van der Waals surface area contributed by atoms with Gasteiger partial charge in [-0.25, -0.2) is 9.97 Å². The molecule has 0 aliphatic carbocycles. The molecule has 1 aromatic carbocycles. The van der Waals surface area contributed by atoms with Gasteiger partial charge in [-0.2, -0.15) is 0 Å². The summed E-state index contributed by atoms with van der Waals surface area (Å²) in [4.78, 5) is 8.30. The number of aromatic nitrogens is 2. The highest BCUT2D eigenvalue weighted by Crippen LogP contribution is 2.22. The largest absolute Gasteiger partial charge is 0.439 e. The number of nitrogens with zero attached hydrogens (tertiary/aromatic N) is 2. The first-order valence-corrected chi connectivity index (χ1v) is 6.38. The van der Waals surface area contributed by atoms with E-state index in [0.717, 1.165) is 17.0 Å². The lowest BCUT2D eigenvalue weighted by Gasteiger charge is -2.08. The molecule has 2 rings (SSSR count). The summed E-state index contributed by atoms with van der Waals surface area (Å²) < 4.78 is 5.69. The molecule has 0 aliphatic rings. The lowest BCUT2D eigenvalue weighted by molar-refractivity contribution is 0.299. The summed E-state index contributed by atoms with van der Waals surface area (Å²) >= 11 is 0. The summed E-state index contributed by atoms with van der Waals surface area (Å²) in [5.41, 5.74) is 2.04. The van der Waals surface area contributed by atoms with E-state index in [2.05, 4.69) is 23.8 Å². The van der Waals surface area contributed by atoms with Crippen LogP contribution in [0.3, 0.4) is 0 Å². The monoisotopic (exact) mass is 258 g/mol. The van der Waals surface area contributed by atoms with Crippen molar-refractivity contribution in [1.82, 2.24) is 9.97 Å². The van der Waals surface area contributed by atoms with Crippen LogP contribution in [0.2, 0.25) is 0 Å². The lowest BCUT2D eigenvalue weighted by atomic mass is 10.1. The zero-order chi connectivity index (χ0) is 13.7. The van der Waals surface area contributed by atoms with Crippen molar-refractivity contribution < 1.29 is 9.84 Å². The third-order valence-electron chi connectivity index (χ3n) is 2.80. The number of rotatable bonds is 5. The van der Waals surface area contributed by atoms with Crippen molar-refractivity contribution in [2.45, 2.75) is 26.2 Å². The van der Waals surface area contributed by atoms with Crippen molar-refractivity contribution in [3.8, 4) is 11.6 Å². The van der Waals surface area contributed by atoms with Crippen LogP contribution in [0.15, 0.2) is 36.7 Å². The molecule has 0 spiro atoms. The van der Waals surface area contributed by atoms with Crippen LogP contribution >= 0.6 is 0 Å². The Morgan fingerprint density at radius 3 is 2.53 bits per heavy atom. The molecule has 1 heterocycles. The van der Waals surface area contributed by atoms with Crippen LogP contribution in [0.1, 0.15) is 31.0 Å². The van der Waals surface area contributed by atoms with E-state index in [1.807, 2.05) is 30.3 Å². The Morgan fingerprint density at radius 2 is 1.89 bits per heavy atom. The second-order valence-corrected chi connectivity index (χ2v) is 4.66. The molecule has 0 radical (unpaired) electrons. The van der Waals surface area contributed by atoms with Gasteiger partial charge in [-0.05, 0) is 30.0 Å². The molecule has 2 aromatic rings. The molecule has 4 nitrogen and oxygen atoms in total. The highest BCUT2D eigenvalue weighted by atomic mass is 16.5. The molecule has 0 saturated carbocycles. The van der Waals surface area contributed by atoms with Crippen LogP contribution in [0, 0.1) is 0 Å². The third kappa shape index (κ3) is 3.76. The second kappa shape index (κ2) is 6.29. The molecule has 4 heteroatoms. The van der Waals surface area contributed by atoms with Gasteiger partial charge in [0.05, 0.1) is 5.69 Å². The van der Waals surface area contributed by atoms with Crippen molar-refractivity contribution in [3.63, 3.8) is 0 Å². The predicted molar refractivity (Wildman–Crippen MR) is 73.4 cm³/mol. The highest BCUT2D eigenvalue weighted by molar-refractivity contribution is 5.31. The van der Waals surface area contributed by atoms with E-state index >= 15 is 0 Å². The Bertz CT molecular complexity index is 524. The average Bonchev–Trinajstić information content (AvgIpc) is 2.42. The lowest BCUT2D eigenvalue weighted by Crippen LogP contribution is -1.96. The highest BCUT2D eigenvalue weighted by Gasteiger charge is 2.05. The van der Waals surface area contributed by atoms with Gasteiger partial charge in [0.2, 0.25) is 5.88 Å². The molecular weight excluding hydrogens is 240 g/mol. The minimum atomic E-state index is 0.157. The van der Waals surface area contributed by atoms with E-state index in [9.17, 15) is 0 Å². The fourth-order valence-corrected chi connectivity index (χ4v) is 1.70. The maximum Gasteiger partial charge on any atom is 0.222 e. The molecule has 0 fully saturated rings. The molecule has 0 bridgehead atoms. The van der Waals surface area contributed by atoms with E-state index in [1.54, 1.807) is 0 Å². The topological polar surface area (TPSA) is 55.2 Å². The Morgan fingerprint density at radius 1 is 1.16 bits per heavy atom. The van der Waals surface area contributed by atoms with E-state index in [-0.39, 0.29) is 6.61 Å². The summed E-state index contributed by atoms with van der Waals surface area (Å²) in [5, 5.41) is 8.86. The predicted octanol–water partition coefficient (Wildman–Crippen LogP) is 2.93. The minimum Gasteiger partial charge on any atom is -0.439 e. The summed E-state index contributed by atoms with van der Waals surface area (Å²) in [6.45, 7) is 4.31. The number of aliphatic hydroxyl groups excluding tert-OH is 1. The van der Waals surface area contributed by atoms with Crippen molar-refractivity contribution in [3.05, 3.63) is 47.9 Å². The molecule has 0 amide bonds. The smallest absolute Gasteiger partial charge is 0.222 e. The van der Waals surface area contributed by atoms with Crippen LogP contribution < -0.4 is 4.74 Å². The standard InChI is InChI=1S/C15H18N2O2/c1-11(2)14-9-15(17-10-16-14)19-13-5-3-12(4-6-13)7-8-18/h3-6,9-11,18H,7-8H2,1-2H3. The molecule has 0 atom stereocenters. The van der Waals surface area contributed by atoms with E-state index in [4.69, 9.17) is 9.84 Å². The molecule has 19 heavy (non-hydrogen) atoms. The Hall–Kier alpha value is -1.94. The Labute approximate surface area is 113 Å². The van der Waals surface area contributed by atoms with Gasteiger partial charge in [-0.1, -0.05) is 26.0 Å². The molecule has 0 unspecified atom stereocenters. The first kappa shape index (κ1) is 13.5. The summed E-state index contributed by atoms with van der Waals surface area (Å²) in [6.07, 6.45) is 2.18. The number of benzene rings is 1. The molecule has 0 aliphatic heterocycles. The zero-order valence-corrected chi connectivity index (χ0v) is 11.2. The molecule has 1 aromatic heterocycles. The maximum atomic E-state index is 8.86. The SMILES string of the molecule is CC(C)c1cc(Oc2ccc(CCO)cc2)ncn1. The number of hydrogen-bond donors (Lipinski definition) is 1. The van der Waals surface area contributed by atoms with Crippen LogP contribution in [0.5, 0.6) is 11.6 Å². The van der Waals surface area contributed by atoms with Gasteiger partial charge in [-0.3, -0.25) is 0 Å². The number of ether oxygens (including phenoxy) is 1. The molecular formula is C15H18N2O2. The second-order valence-electron chi connectivity index (χ2n) is 4.66. The van der Waals surface area contributed by atoms with Crippen molar-refractivity contribution in [2.75, 3.05) is 6.61 Å². The summed E-state index contributed by atoms with van der Waals surface area (Å²) in [5.74, 6) is 1.63. The van der Waals surface area contributed by atoms with Crippen LogP contribution in [0.4, 0.5) is 0 Å². The van der Waals surface area contributed by atoms with E-state index in [1.165, 1.54) is 6.33 Å². The first-order chi connectivity index (χ1) is 9.19. The normalized spacial score (nSPS) is 10.7. The maximum absolute atomic E-state index is 8.86. The number of aliphatic hydroxyl groups is 1. The Kier molecular flexibility index (Phi) is 4.47. The number of hydrogen-bond acceptors (Lipinski definition) is 4.